The third-order valence-corrected chi connectivity index (χ3v) is 4.09. The van der Waals surface area contributed by atoms with E-state index >= 15 is 0 Å². The van der Waals surface area contributed by atoms with Crippen LogP contribution in [0.4, 0.5) is 0 Å². The van der Waals surface area contributed by atoms with Gasteiger partial charge in [0.2, 0.25) is 5.91 Å². The summed E-state index contributed by atoms with van der Waals surface area (Å²) < 4.78 is 4.71. The van der Waals surface area contributed by atoms with E-state index < -0.39 is 0 Å². The van der Waals surface area contributed by atoms with Crippen molar-refractivity contribution in [3.8, 4) is 0 Å². The molecule has 5 nitrogen and oxygen atoms in total. The number of likely N-dealkylation sites (N-methyl/N-ethyl adjacent to an activating group) is 1. The van der Waals surface area contributed by atoms with Crippen LogP contribution in [-0.4, -0.2) is 61.0 Å². The van der Waals surface area contributed by atoms with Crippen molar-refractivity contribution in [1.29, 1.82) is 0 Å². The van der Waals surface area contributed by atoms with E-state index in [1.165, 1.54) is 13.5 Å². The fraction of sp³-hybridized carbons (Fsp3) is 0.846. The van der Waals surface area contributed by atoms with E-state index in [4.69, 9.17) is 4.74 Å². The Morgan fingerprint density at radius 2 is 2.28 bits per heavy atom. The van der Waals surface area contributed by atoms with Crippen molar-refractivity contribution in [3.05, 3.63) is 0 Å². The Balaban J connectivity index is 1.90. The third kappa shape index (κ3) is 2.66. The number of carbonyl (C=O) groups excluding carboxylic acids is 2. The van der Waals surface area contributed by atoms with Crippen LogP contribution in [0.3, 0.4) is 0 Å². The van der Waals surface area contributed by atoms with Gasteiger partial charge in [0.1, 0.15) is 0 Å². The molecule has 2 saturated heterocycles. The number of methoxy groups -OCH3 is 1. The van der Waals surface area contributed by atoms with Crippen molar-refractivity contribution in [2.24, 2.45) is 5.92 Å². The van der Waals surface area contributed by atoms with Crippen molar-refractivity contribution >= 4 is 11.9 Å². The predicted molar refractivity (Wildman–Crippen MR) is 67.0 cm³/mol. The lowest BCUT2D eigenvalue weighted by atomic mass is 10.1. The minimum Gasteiger partial charge on any atom is -0.469 e. The molecule has 0 radical (unpaired) electrons. The second kappa shape index (κ2) is 5.69. The fourth-order valence-corrected chi connectivity index (χ4v) is 3.05. The second-order valence-electron chi connectivity index (χ2n) is 5.15. The normalized spacial score (nSPS) is 29.0. The lowest BCUT2D eigenvalue weighted by molar-refractivity contribution is -0.145. The van der Waals surface area contributed by atoms with Gasteiger partial charge in [-0.3, -0.25) is 14.5 Å². The van der Waals surface area contributed by atoms with Crippen molar-refractivity contribution in [1.82, 2.24) is 9.80 Å². The van der Waals surface area contributed by atoms with Crippen LogP contribution in [0.1, 0.15) is 26.2 Å². The summed E-state index contributed by atoms with van der Waals surface area (Å²) in [5, 5.41) is 0. The van der Waals surface area contributed by atoms with Gasteiger partial charge >= 0.3 is 5.97 Å². The van der Waals surface area contributed by atoms with Crippen LogP contribution in [0, 0.1) is 5.92 Å². The Morgan fingerprint density at radius 3 is 2.94 bits per heavy atom. The Morgan fingerprint density at radius 1 is 1.50 bits per heavy atom. The number of amides is 1. The summed E-state index contributed by atoms with van der Waals surface area (Å²) in [4.78, 5) is 27.6. The smallest absolute Gasteiger partial charge is 0.310 e. The quantitative estimate of drug-likeness (QED) is 0.685. The zero-order chi connectivity index (χ0) is 13.1. The Kier molecular flexibility index (Phi) is 4.22. The molecular weight excluding hydrogens is 232 g/mol. The van der Waals surface area contributed by atoms with Crippen LogP contribution in [0.5, 0.6) is 0 Å². The molecule has 0 bridgehead atoms. The fourth-order valence-electron chi connectivity index (χ4n) is 3.05. The number of esters is 1. The number of rotatable bonds is 4. The lowest BCUT2D eigenvalue weighted by Gasteiger charge is -2.27. The van der Waals surface area contributed by atoms with E-state index in [9.17, 15) is 9.59 Å². The molecular formula is C13H22N2O3. The third-order valence-electron chi connectivity index (χ3n) is 4.09. The van der Waals surface area contributed by atoms with Gasteiger partial charge in [-0.05, 0) is 25.9 Å². The number of carbonyl (C=O) groups is 2. The molecule has 0 saturated carbocycles. The Hall–Kier alpha value is -1.10. The maximum absolute atomic E-state index is 11.9. The molecule has 2 fully saturated rings. The van der Waals surface area contributed by atoms with Gasteiger partial charge in [-0.1, -0.05) is 6.92 Å². The maximum atomic E-state index is 11.9. The van der Waals surface area contributed by atoms with Crippen LogP contribution in [-0.2, 0) is 14.3 Å². The van der Waals surface area contributed by atoms with E-state index in [2.05, 4.69) is 11.8 Å². The Labute approximate surface area is 108 Å². The van der Waals surface area contributed by atoms with Gasteiger partial charge < -0.3 is 9.64 Å². The molecule has 1 amide bonds. The molecule has 18 heavy (non-hydrogen) atoms. The van der Waals surface area contributed by atoms with Gasteiger partial charge in [0.15, 0.2) is 0 Å². The maximum Gasteiger partial charge on any atom is 0.310 e. The molecule has 102 valence electrons. The van der Waals surface area contributed by atoms with Crippen LogP contribution in [0.2, 0.25) is 0 Å². The van der Waals surface area contributed by atoms with E-state index in [0.717, 1.165) is 26.1 Å². The number of hydrogen-bond acceptors (Lipinski definition) is 4. The summed E-state index contributed by atoms with van der Waals surface area (Å²) in [6, 6.07) is 0.468. The molecule has 2 aliphatic rings. The SMILES string of the molecule is CCN1CCCC1CN1CC(C(=O)OC)CC1=O. The molecule has 2 rings (SSSR count). The van der Waals surface area contributed by atoms with Gasteiger partial charge in [-0.25, -0.2) is 0 Å². The Bertz CT molecular complexity index is 332. The van der Waals surface area contributed by atoms with E-state index in [1.807, 2.05) is 4.90 Å². The van der Waals surface area contributed by atoms with Gasteiger partial charge in [-0.2, -0.15) is 0 Å². The largest absolute Gasteiger partial charge is 0.469 e. The summed E-state index contributed by atoms with van der Waals surface area (Å²) in [7, 11) is 1.38. The summed E-state index contributed by atoms with van der Waals surface area (Å²) in [6.45, 7) is 5.61. The van der Waals surface area contributed by atoms with Crippen LogP contribution in [0.25, 0.3) is 0 Å². The van der Waals surface area contributed by atoms with E-state index in [0.29, 0.717) is 19.0 Å². The van der Waals surface area contributed by atoms with Crippen LogP contribution < -0.4 is 0 Å². The van der Waals surface area contributed by atoms with E-state index in [1.54, 1.807) is 0 Å². The van der Waals surface area contributed by atoms with Crippen LogP contribution >= 0.6 is 0 Å². The predicted octanol–water partition coefficient (Wildman–Crippen LogP) is 0.492. The highest BCUT2D eigenvalue weighted by Crippen LogP contribution is 2.23. The number of hydrogen-bond donors (Lipinski definition) is 0. The standard InChI is InChI=1S/C13H22N2O3/c1-3-14-6-4-5-11(14)9-15-8-10(7-12(15)16)13(17)18-2/h10-11H,3-9H2,1-2H3. The molecule has 5 heteroatoms. The highest BCUT2D eigenvalue weighted by Gasteiger charge is 2.37. The topological polar surface area (TPSA) is 49.9 Å². The highest BCUT2D eigenvalue weighted by molar-refractivity contribution is 5.86. The van der Waals surface area contributed by atoms with Gasteiger partial charge in [0, 0.05) is 25.6 Å². The van der Waals surface area contributed by atoms with Crippen molar-refractivity contribution in [2.75, 3.05) is 33.3 Å². The van der Waals surface area contributed by atoms with E-state index in [-0.39, 0.29) is 17.8 Å². The molecule has 0 aromatic heterocycles. The van der Waals surface area contributed by atoms with Gasteiger partial charge in [0.25, 0.3) is 0 Å². The number of nitrogens with zero attached hydrogens (tertiary/aromatic N) is 2. The van der Waals surface area contributed by atoms with Crippen molar-refractivity contribution in [3.63, 3.8) is 0 Å². The van der Waals surface area contributed by atoms with Gasteiger partial charge in [0.05, 0.1) is 13.0 Å². The molecule has 2 unspecified atom stereocenters. The number of likely N-dealkylation sites (tertiary alicyclic amines) is 2. The molecule has 0 aromatic carbocycles. The first-order valence-corrected chi connectivity index (χ1v) is 6.75. The first-order valence-electron chi connectivity index (χ1n) is 6.75. The first-order chi connectivity index (χ1) is 8.65. The highest BCUT2D eigenvalue weighted by atomic mass is 16.5. The molecule has 0 spiro atoms. The van der Waals surface area contributed by atoms with Crippen molar-refractivity contribution in [2.45, 2.75) is 32.2 Å². The monoisotopic (exact) mass is 254 g/mol. The molecule has 0 aromatic rings. The average molecular weight is 254 g/mol. The number of ether oxygens (including phenoxy) is 1. The molecule has 2 heterocycles. The minimum absolute atomic E-state index is 0.0911. The first kappa shape index (κ1) is 13.3. The average Bonchev–Trinajstić information content (AvgIpc) is 2.96. The summed E-state index contributed by atoms with van der Waals surface area (Å²) in [5.74, 6) is -0.433. The molecule has 0 aliphatic carbocycles. The second-order valence-corrected chi connectivity index (χ2v) is 5.15. The zero-order valence-electron chi connectivity index (χ0n) is 11.2. The van der Waals surface area contributed by atoms with Crippen LogP contribution in [0.15, 0.2) is 0 Å². The molecule has 2 aliphatic heterocycles. The lowest BCUT2D eigenvalue weighted by Crippen LogP contribution is -2.41. The summed E-state index contributed by atoms with van der Waals surface area (Å²) in [5.41, 5.74) is 0. The minimum atomic E-state index is -0.265. The summed E-state index contributed by atoms with van der Waals surface area (Å²) >= 11 is 0. The van der Waals surface area contributed by atoms with Crippen molar-refractivity contribution < 1.29 is 14.3 Å². The zero-order valence-corrected chi connectivity index (χ0v) is 11.2. The molecule has 2 atom stereocenters. The van der Waals surface area contributed by atoms with Gasteiger partial charge in [-0.15, -0.1) is 0 Å². The molecule has 0 N–H and O–H groups in total. The summed E-state index contributed by atoms with van der Waals surface area (Å²) in [6.07, 6.45) is 2.67.